The lowest BCUT2D eigenvalue weighted by atomic mass is 10.0. The zero-order valence-electron chi connectivity index (χ0n) is 13.4. The van der Waals surface area contributed by atoms with Gasteiger partial charge in [0.25, 0.3) is 5.91 Å². The summed E-state index contributed by atoms with van der Waals surface area (Å²) in [4.78, 5) is 14.7. The molecule has 0 aliphatic carbocycles. The number of nitrogens with zero attached hydrogens (tertiary/aromatic N) is 4. The van der Waals surface area contributed by atoms with Crippen molar-refractivity contribution in [1.29, 1.82) is 0 Å². The number of hydrogen-bond acceptors (Lipinski definition) is 4. The Labute approximate surface area is 130 Å². The second kappa shape index (κ2) is 5.94. The Kier molecular flexibility index (Phi) is 4.00. The van der Waals surface area contributed by atoms with Gasteiger partial charge in [-0.05, 0) is 38.7 Å². The number of carbonyl (C=O) groups is 1. The first-order chi connectivity index (χ1) is 10.6. The third-order valence-electron chi connectivity index (χ3n) is 4.27. The second-order valence-electron chi connectivity index (χ2n) is 5.96. The van der Waals surface area contributed by atoms with Gasteiger partial charge in [0, 0.05) is 19.3 Å². The molecule has 1 atom stereocenters. The van der Waals surface area contributed by atoms with Crippen molar-refractivity contribution >= 4 is 5.91 Å². The van der Waals surface area contributed by atoms with E-state index in [9.17, 15) is 4.79 Å². The van der Waals surface area contributed by atoms with Crippen molar-refractivity contribution in [3.05, 3.63) is 35.0 Å². The van der Waals surface area contributed by atoms with Crippen molar-refractivity contribution in [3.8, 4) is 0 Å². The maximum absolute atomic E-state index is 12.8. The lowest BCUT2D eigenvalue weighted by molar-refractivity contribution is 0.0670. The molecule has 118 valence electrons. The maximum atomic E-state index is 12.8. The molecule has 3 heterocycles. The zero-order valence-corrected chi connectivity index (χ0v) is 13.4. The number of hydrogen-bond donors (Lipinski definition) is 0. The first-order valence-electron chi connectivity index (χ1n) is 7.85. The van der Waals surface area contributed by atoms with Crippen molar-refractivity contribution in [2.45, 2.75) is 46.1 Å². The van der Waals surface area contributed by atoms with Crippen LogP contribution < -0.4 is 0 Å². The molecule has 0 aromatic carbocycles. The molecule has 1 unspecified atom stereocenters. The van der Waals surface area contributed by atoms with Gasteiger partial charge in [-0.15, -0.1) is 0 Å². The molecule has 3 rings (SSSR count). The lowest BCUT2D eigenvalue weighted by Gasteiger charge is -2.32. The number of likely N-dealkylation sites (tertiary alicyclic amines) is 1. The van der Waals surface area contributed by atoms with E-state index in [-0.39, 0.29) is 11.9 Å². The van der Waals surface area contributed by atoms with Crippen LogP contribution in [0.2, 0.25) is 0 Å². The van der Waals surface area contributed by atoms with Crippen molar-refractivity contribution in [2.24, 2.45) is 0 Å². The van der Waals surface area contributed by atoms with Gasteiger partial charge in [0.05, 0.1) is 17.9 Å². The normalized spacial score (nSPS) is 18.7. The van der Waals surface area contributed by atoms with Crippen LogP contribution in [0.25, 0.3) is 0 Å². The molecule has 1 fully saturated rings. The number of carbonyl (C=O) groups excluding carboxylic acids is 1. The van der Waals surface area contributed by atoms with Crippen LogP contribution in [0.1, 0.15) is 53.2 Å². The molecule has 0 radical (unpaired) electrons. The molecule has 6 heteroatoms. The molecule has 22 heavy (non-hydrogen) atoms. The van der Waals surface area contributed by atoms with Gasteiger partial charge in [0.2, 0.25) is 0 Å². The van der Waals surface area contributed by atoms with Gasteiger partial charge in [0.1, 0.15) is 11.3 Å². The highest BCUT2D eigenvalue weighted by atomic mass is 16.5. The van der Waals surface area contributed by atoms with Crippen LogP contribution >= 0.6 is 0 Å². The largest absolute Gasteiger partial charge is 0.361 e. The molecule has 0 saturated carbocycles. The third kappa shape index (κ3) is 2.65. The van der Waals surface area contributed by atoms with Crippen molar-refractivity contribution < 1.29 is 9.32 Å². The fourth-order valence-electron chi connectivity index (χ4n) is 3.08. The molecule has 0 N–H and O–H groups in total. The average Bonchev–Trinajstić information content (AvgIpc) is 3.12. The molecule has 1 aliphatic rings. The molecule has 1 amide bonds. The Hall–Kier alpha value is -2.11. The van der Waals surface area contributed by atoms with Crippen LogP contribution in [-0.2, 0) is 6.42 Å². The van der Waals surface area contributed by atoms with Crippen LogP contribution in [0.5, 0.6) is 0 Å². The van der Waals surface area contributed by atoms with E-state index in [2.05, 4.69) is 10.3 Å². The Morgan fingerprint density at radius 1 is 1.45 bits per heavy atom. The van der Waals surface area contributed by atoms with E-state index in [1.165, 1.54) is 0 Å². The molecule has 0 bridgehead atoms. The molecular weight excluding hydrogens is 280 g/mol. The molecule has 2 aromatic rings. The SMILES string of the molecule is CCc1noc(C)c1C(=O)N1CCCC(n2cc(C)cn2)C1. The Bertz CT molecular complexity index is 673. The highest BCUT2D eigenvalue weighted by molar-refractivity contribution is 5.96. The minimum absolute atomic E-state index is 0.0316. The quantitative estimate of drug-likeness (QED) is 0.874. The second-order valence-corrected chi connectivity index (χ2v) is 5.96. The Morgan fingerprint density at radius 2 is 2.27 bits per heavy atom. The molecule has 2 aromatic heterocycles. The summed E-state index contributed by atoms with van der Waals surface area (Å²) in [5.41, 5.74) is 2.53. The monoisotopic (exact) mass is 302 g/mol. The number of aromatic nitrogens is 3. The topological polar surface area (TPSA) is 64.2 Å². The molecule has 1 saturated heterocycles. The fraction of sp³-hybridized carbons (Fsp3) is 0.562. The number of rotatable bonds is 3. The van der Waals surface area contributed by atoms with Gasteiger partial charge in [-0.25, -0.2) is 0 Å². The van der Waals surface area contributed by atoms with E-state index in [1.54, 1.807) is 6.92 Å². The summed E-state index contributed by atoms with van der Waals surface area (Å²) in [5.74, 6) is 0.642. The Balaban J connectivity index is 1.79. The standard InChI is InChI=1S/C16H22N4O2/c1-4-14-15(12(3)22-18-14)16(21)19-7-5-6-13(10-19)20-9-11(2)8-17-20/h8-9,13H,4-7,10H2,1-3H3. The number of amides is 1. The van der Waals surface area contributed by atoms with E-state index in [1.807, 2.05) is 35.8 Å². The summed E-state index contributed by atoms with van der Waals surface area (Å²) < 4.78 is 7.18. The number of piperidine rings is 1. The smallest absolute Gasteiger partial charge is 0.259 e. The summed E-state index contributed by atoms with van der Waals surface area (Å²) >= 11 is 0. The highest BCUT2D eigenvalue weighted by Gasteiger charge is 2.29. The minimum Gasteiger partial charge on any atom is -0.361 e. The minimum atomic E-state index is 0.0316. The molecule has 0 spiro atoms. The Morgan fingerprint density at radius 3 is 2.95 bits per heavy atom. The van der Waals surface area contributed by atoms with Crippen molar-refractivity contribution in [3.63, 3.8) is 0 Å². The van der Waals surface area contributed by atoms with Crippen LogP contribution in [0.15, 0.2) is 16.9 Å². The van der Waals surface area contributed by atoms with Gasteiger partial charge in [-0.1, -0.05) is 12.1 Å². The van der Waals surface area contributed by atoms with Crippen LogP contribution in [0.3, 0.4) is 0 Å². The summed E-state index contributed by atoms with van der Waals surface area (Å²) in [6.07, 6.45) is 6.64. The van der Waals surface area contributed by atoms with Gasteiger partial charge in [-0.2, -0.15) is 5.10 Å². The van der Waals surface area contributed by atoms with Crippen LogP contribution in [0.4, 0.5) is 0 Å². The van der Waals surface area contributed by atoms with Crippen LogP contribution in [-0.4, -0.2) is 38.8 Å². The predicted octanol–water partition coefficient (Wildman–Crippen LogP) is 2.53. The average molecular weight is 302 g/mol. The molecular formula is C16H22N4O2. The fourth-order valence-corrected chi connectivity index (χ4v) is 3.08. The van der Waals surface area contributed by atoms with Gasteiger partial charge < -0.3 is 9.42 Å². The summed E-state index contributed by atoms with van der Waals surface area (Å²) in [6.45, 7) is 7.29. The van der Waals surface area contributed by atoms with Crippen molar-refractivity contribution in [1.82, 2.24) is 19.8 Å². The predicted molar refractivity (Wildman–Crippen MR) is 81.8 cm³/mol. The van der Waals surface area contributed by atoms with E-state index < -0.39 is 0 Å². The lowest BCUT2D eigenvalue weighted by Crippen LogP contribution is -2.41. The van der Waals surface area contributed by atoms with Gasteiger partial charge >= 0.3 is 0 Å². The first-order valence-corrected chi connectivity index (χ1v) is 7.85. The van der Waals surface area contributed by atoms with E-state index in [4.69, 9.17) is 4.52 Å². The molecule has 1 aliphatic heterocycles. The third-order valence-corrected chi connectivity index (χ3v) is 4.27. The summed E-state index contributed by atoms with van der Waals surface area (Å²) in [5, 5.41) is 8.39. The van der Waals surface area contributed by atoms with E-state index >= 15 is 0 Å². The van der Waals surface area contributed by atoms with E-state index in [0.717, 1.165) is 30.6 Å². The summed E-state index contributed by atoms with van der Waals surface area (Å²) in [6, 6.07) is 0.247. The van der Waals surface area contributed by atoms with Crippen molar-refractivity contribution in [2.75, 3.05) is 13.1 Å². The number of aryl methyl sites for hydroxylation is 3. The molecule has 6 nitrogen and oxygen atoms in total. The van der Waals surface area contributed by atoms with E-state index in [0.29, 0.717) is 24.3 Å². The van der Waals surface area contributed by atoms with Gasteiger partial charge in [-0.3, -0.25) is 9.48 Å². The van der Waals surface area contributed by atoms with Gasteiger partial charge in [0.15, 0.2) is 0 Å². The van der Waals surface area contributed by atoms with Crippen LogP contribution in [0, 0.1) is 13.8 Å². The first kappa shape index (κ1) is 14.8. The maximum Gasteiger partial charge on any atom is 0.259 e. The zero-order chi connectivity index (χ0) is 15.7. The highest BCUT2D eigenvalue weighted by Crippen LogP contribution is 2.24. The summed E-state index contributed by atoms with van der Waals surface area (Å²) in [7, 11) is 0.